The summed E-state index contributed by atoms with van der Waals surface area (Å²) in [5.74, 6) is 1.93. The van der Waals surface area contributed by atoms with Crippen LogP contribution in [0.4, 0.5) is 0 Å². The molecule has 2 N–H and O–H groups in total. The minimum absolute atomic E-state index is 0.966. The standard InChI is InChI=1S/C13H18N2/c1-2-4-11(5-3-1)8-15-9-12-6-14-7-13(12)10-15/h1-5,12-14H,6-10H2/p+1/t12-,13+. The fourth-order valence-corrected chi connectivity index (χ4v) is 3.07. The van der Waals surface area contributed by atoms with Gasteiger partial charge in [0.2, 0.25) is 0 Å². The predicted molar refractivity (Wildman–Crippen MR) is 60.4 cm³/mol. The van der Waals surface area contributed by atoms with Crippen LogP contribution in [0.1, 0.15) is 5.56 Å². The lowest BCUT2D eigenvalue weighted by Gasteiger charge is -2.16. The van der Waals surface area contributed by atoms with Crippen molar-refractivity contribution in [2.45, 2.75) is 6.54 Å². The van der Waals surface area contributed by atoms with Crippen molar-refractivity contribution in [1.82, 2.24) is 4.90 Å². The second-order valence-electron chi connectivity index (χ2n) is 4.96. The topological polar surface area (TPSA) is 19.9 Å². The number of hydrogen-bond donors (Lipinski definition) is 1. The Labute approximate surface area is 91.3 Å². The fraction of sp³-hybridized carbons (Fsp3) is 0.538. The molecule has 1 aromatic rings. The molecule has 0 spiro atoms. The zero-order valence-electron chi connectivity index (χ0n) is 9.10. The Morgan fingerprint density at radius 2 is 1.73 bits per heavy atom. The van der Waals surface area contributed by atoms with Crippen LogP contribution in [-0.2, 0) is 6.54 Å². The van der Waals surface area contributed by atoms with Gasteiger partial charge in [-0.25, -0.2) is 0 Å². The van der Waals surface area contributed by atoms with Gasteiger partial charge >= 0.3 is 0 Å². The largest absolute Gasteiger partial charge is 0.346 e. The summed E-state index contributed by atoms with van der Waals surface area (Å²) in [6.07, 6.45) is 0. The molecule has 80 valence electrons. The van der Waals surface area contributed by atoms with Crippen molar-refractivity contribution in [3.8, 4) is 0 Å². The molecule has 2 heteroatoms. The van der Waals surface area contributed by atoms with Crippen LogP contribution in [0.15, 0.2) is 30.3 Å². The highest BCUT2D eigenvalue weighted by molar-refractivity contribution is 5.14. The van der Waals surface area contributed by atoms with E-state index in [0.717, 1.165) is 18.4 Å². The molecule has 3 rings (SSSR count). The molecule has 1 aromatic carbocycles. The minimum Gasteiger partial charge on any atom is -0.346 e. The Bertz CT molecular complexity index is 311. The molecule has 2 aliphatic heterocycles. The van der Waals surface area contributed by atoms with Crippen molar-refractivity contribution in [2.24, 2.45) is 11.8 Å². The molecule has 0 aliphatic carbocycles. The van der Waals surface area contributed by atoms with Crippen LogP contribution in [0.5, 0.6) is 0 Å². The van der Waals surface area contributed by atoms with Gasteiger partial charge in [-0.3, -0.25) is 4.90 Å². The number of rotatable bonds is 2. The third-order valence-electron chi connectivity index (χ3n) is 3.84. The second-order valence-corrected chi connectivity index (χ2v) is 4.96. The second kappa shape index (κ2) is 3.95. The van der Waals surface area contributed by atoms with Crippen molar-refractivity contribution in [2.75, 3.05) is 26.2 Å². The summed E-state index contributed by atoms with van der Waals surface area (Å²) in [4.78, 5) is 2.62. The third-order valence-corrected chi connectivity index (χ3v) is 3.84. The van der Waals surface area contributed by atoms with E-state index >= 15 is 0 Å². The lowest BCUT2D eigenvalue weighted by molar-refractivity contribution is -0.640. The summed E-state index contributed by atoms with van der Waals surface area (Å²) in [5.41, 5.74) is 1.46. The van der Waals surface area contributed by atoms with Crippen LogP contribution in [0, 0.1) is 11.8 Å². The molecule has 2 atom stereocenters. The molecule has 2 heterocycles. The average Bonchev–Trinajstić information content (AvgIpc) is 2.79. The fourth-order valence-electron chi connectivity index (χ4n) is 3.07. The molecule has 0 unspecified atom stereocenters. The lowest BCUT2D eigenvalue weighted by Crippen LogP contribution is -2.82. The van der Waals surface area contributed by atoms with E-state index in [2.05, 4.69) is 40.5 Å². The number of nitrogens with two attached hydrogens (primary N) is 1. The van der Waals surface area contributed by atoms with E-state index < -0.39 is 0 Å². The molecule has 0 amide bonds. The Morgan fingerprint density at radius 3 is 2.40 bits per heavy atom. The molecule has 2 fully saturated rings. The maximum atomic E-state index is 2.62. The number of hydrogen-bond acceptors (Lipinski definition) is 1. The van der Waals surface area contributed by atoms with E-state index in [9.17, 15) is 0 Å². The van der Waals surface area contributed by atoms with Crippen LogP contribution < -0.4 is 5.32 Å². The first-order valence-electron chi connectivity index (χ1n) is 6.00. The minimum atomic E-state index is 0.966. The van der Waals surface area contributed by atoms with Crippen LogP contribution in [0.2, 0.25) is 0 Å². The Morgan fingerprint density at radius 1 is 1.07 bits per heavy atom. The normalized spacial score (nSPS) is 30.7. The quantitative estimate of drug-likeness (QED) is 0.733. The van der Waals surface area contributed by atoms with Gasteiger partial charge in [-0.2, -0.15) is 0 Å². The maximum Gasteiger partial charge on any atom is 0.0801 e. The first-order chi connectivity index (χ1) is 7.42. The van der Waals surface area contributed by atoms with Gasteiger partial charge in [0.15, 0.2) is 0 Å². The van der Waals surface area contributed by atoms with Crippen molar-refractivity contribution >= 4 is 0 Å². The summed E-state index contributed by atoms with van der Waals surface area (Å²) >= 11 is 0. The highest BCUT2D eigenvalue weighted by Gasteiger charge is 2.38. The smallest absolute Gasteiger partial charge is 0.0801 e. The molecule has 0 aromatic heterocycles. The molecule has 15 heavy (non-hydrogen) atoms. The molecular formula is C13H19N2+. The van der Waals surface area contributed by atoms with Gasteiger partial charge in [-0.15, -0.1) is 0 Å². The zero-order chi connectivity index (χ0) is 10.1. The average molecular weight is 203 g/mol. The monoisotopic (exact) mass is 203 g/mol. The first-order valence-corrected chi connectivity index (χ1v) is 6.00. The van der Waals surface area contributed by atoms with Gasteiger partial charge in [0, 0.05) is 31.5 Å². The predicted octanol–water partition coefficient (Wildman–Crippen LogP) is 0.312. The highest BCUT2D eigenvalue weighted by Crippen LogP contribution is 2.24. The van der Waals surface area contributed by atoms with Gasteiger partial charge in [-0.05, 0) is 5.56 Å². The first kappa shape index (κ1) is 9.37. The number of fused-ring (bicyclic) bond motifs is 1. The summed E-state index contributed by atoms with van der Waals surface area (Å²) in [6.45, 7) is 6.49. The van der Waals surface area contributed by atoms with Crippen LogP contribution >= 0.6 is 0 Å². The van der Waals surface area contributed by atoms with E-state index in [4.69, 9.17) is 0 Å². The Balaban J connectivity index is 1.62. The van der Waals surface area contributed by atoms with Gasteiger partial charge in [-0.1, -0.05) is 30.3 Å². The summed E-state index contributed by atoms with van der Waals surface area (Å²) < 4.78 is 0. The number of quaternary nitrogens is 1. The number of benzene rings is 1. The molecule has 0 saturated carbocycles. The van der Waals surface area contributed by atoms with Crippen molar-refractivity contribution in [3.05, 3.63) is 35.9 Å². The molecule has 0 bridgehead atoms. The Hall–Kier alpha value is -0.860. The van der Waals surface area contributed by atoms with Crippen LogP contribution in [0.25, 0.3) is 0 Å². The van der Waals surface area contributed by atoms with Gasteiger partial charge in [0.1, 0.15) is 0 Å². The van der Waals surface area contributed by atoms with E-state index in [-0.39, 0.29) is 0 Å². The molecular weight excluding hydrogens is 184 g/mol. The van der Waals surface area contributed by atoms with E-state index in [1.807, 2.05) is 0 Å². The van der Waals surface area contributed by atoms with Crippen molar-refractivity contribution in [3.63, 3.8) is 0 Å². The molecule has 2 saturated heterocycles. The van der Waals surface area contributed by atoms with E-state index in [1.165, 1.54) is 31.7 Å². The van der Waals surface area contributed by atoms with Crippen LogP contribution in [0.3, 0.4) is 0 Å². The summed E-state index contributed by atoms with van der Waals surface area (Å²) in [5, 5.41) is 2.48. The maximum absolute atomic E-state index is 2.62. The number of nitrogens with zero attached hydrogens (tertiary/aromatic N) is 1. The van der Waals surface area contributed by atoms with Gasteiger partial charge < -0.3 is 5.32 Å². The Kier molecular flexibility index (Phi) is 2.47. The van der Waals surface area contributed by atoms with Gasteiger partial charge in [0.05, 0.1) is 13.1 Å². The van der Waals surface area contributed by atoms with Gasteiger partial charge in [0.25, 0.3) is 0 Å². The summed E-state index contributed by atoms with van der Waals surface area (Å²) in [6, 6.07) is 10.8. The number of likely N-dealkylation sites (tertiary alicyclic amines) is 1. The molecule has 0 radical (unpaired) electrons. The lowest BCUT2D eigenvalue weighted by atomic mass is 10.0. The van der Waals surface area contributed by atoms with E-state index in [1.54, 1.807) is 0 Å². The van der Waals surface area contributed by atoms with Crippen molar-refractivity contribution in [1.29, 1.82) is 0 Å². The third kappa shape index (κ3) is 1.92. The molecule has 2 nitrogen and oxygen atoms in total. The van der Waals surface area contributed by atoms with E-state index in [0.29, 0.717) is 0 Å². The summed E-state index contributed by atoms with van der Waals surface area (Å²) in [7, 11) is 0. The molecule has 2 aliphatic rings. The van der Waals surface area contributed by atoms with Crippen LogP contribution in [-0.4, -0.2) is 31.1 Å². The van der Waals surface area contributed by atoms with Crippen molar-refractivity contribution < 1.29 is 5.32 Å². The highest BCUT2D eigenvalue weighted by atomic mass is 15.2. The zero-order valence-corrected chi connectivity index (χ0v) is 9.10. The SMILES string of the molecule is c1ccc(CN2C[C@H]3C[NH2+]C[C@H]3C2)cc1.